The predicted octanol–water partition coefficient (Wildman–Crippen LogP) is 6.27. The van der Waals surface area contributed by atoms with Crippen LogP contribution in [0.15, 0.2) is 97.2 Å². The Morgan fingerprint density at radius 2 is 1.83 bits per heavy atom. The summed E-state index contributed by atoms with van der Waals surface area (Å²) in [5, 5.41) is 17.5. The van der Waals surface area contributed by atoms with Crippen molar-refractivity contribution in [1.82, 2.24) is 9.78 Å². The molecular formula is C30H26N4O2. The second-order valence-corrected chi connectivity index (χ2v) is 8.23. The van der Waals surface area contributed by atoms with Crippen LogP contribution in [0.4, 0.5) is 5.69 Å². The average molecular weight is 475 g/mol. The number of nitrogens with one attached hydrogen (secondary N) is 1. The zero-order valence-corrected chi connectivity index (χ0v) is 20.2. The summed E-state index contributed by atoms with van der Waals surface area (Å²) in [6.45, 7) is 7.97. The summed E-state index contributed by atoms with van der Waals surface area (Å²) in [4.78, 5) is 13.0. The first-order chi connectivity index (χ1) is 17.5. The minimum absolute atomic E-state index is 0.0179. The van der Waals surface area contributed by atoms with Crippen molar-refractivity contribution < 1.29 is 9.53 Å². The van der Waals surface area contributed by atoms with Crippen LogP contribution in [-0.2, 0) is 4.79 Å². The number of aromatic nitrogens is 2. The number of amides is 1. The molecule has 1 amide bonds. The number of hydrogen-bond donors (Lipinski definition) is 1. The van der Waals surface area contributed by atoms with Gasteiger partial charge in [0.15, 0.2) is 0 Å². The lowest BCUT2D eigenvalue weighted by atomic mass is 10.0. The molecule has 0 aliphatic rings. The zero-order chi connectivity index (χ0) is 25.5. The molecule has 0 aliphatic carbocycles. The van der Waals surface area contributed by atoms with Crippen LogP contribution in [0, 0.1) is 25.2 Å². The molecule has 0 radical (unpaired) electrons. The fourth-order valence-corrected chi connectivity index (χ4v) is 3.77. The maximum atomic E-state index is 13.0. The van der Waals surface area contributed by atoms with E-state index in [0.29, 0.717) is 23.6 Å². The first-order valence-corrected chi connectivity index (χ1v) is 11.5. The van der Waals surface area contributed by atoms with Crippen molar-refractivity contribution in [1.29, 1.82) is 5.26 Å². The van der Waals surface area contributed by atoms with Crippen molar-refractivity contribution >= 4 is 17.7 Å². The van der Waals surface area contributed by atoms with Crippen LogP contribution in [0.25, 0.3) is 23.0 Å². The minimum atomic E-state index is -0.477. The molecule has 0 spiro atoms. The van der Waals surface area contributed by atoms with E-state index in [1.54, 1.807) is 22.9 Å². The second kappa shape index (κ2) is 11.0. The highest BCUT2D eigenvalue weighted by Gasteiger charge is 2.17. The molecular weight excluding hydrogens is 448 g/mol. The number of nitriles is 1. The maximum absolute atomic E-state index is 13.0. The van der Waals surface area contributed by atoms with Crippen molar-refractivity contribution in [3.8, 4) is 28.8 Å². The van der Waals surface area contributed by atoms with Crippen molar-refractivity contribution in [3.05, 3.63) is 114 Å². The lowest BCUT2D eigenvalue weighted by Gasteiger charge is -2.09. The average Bonchev–Trinajstić information content (AvgIpc) is 3.31. The predicted molar refractivity (Wildman–Crippen MR) is 143 cm³/mol. The third-order valence-corrected chi connectivity index (χ3v) is 5.64. The van der Waals surface area contributed by atoms with Gasteiger partial charge in [0.2, 0.25) is 0 Å². The summed E-state index contributed by atoms with van der Waals surface area (Å²) in [7, 11) is 0. The summed E-state index contributed by atoms with van der Waals surface area (Å²) < 4.78 is 7.41. The lowest BCUT2D eigenvalue weighted by molar-refractivity contribution is -0.112. The number of para-hydroxylation sites is 2. The van der Waals surface area contributed by atoms with Crippen molar-refractivity contribution in [2.45, 2.75) is 13.8 Å². The highest BCUT2D eigenvalue weighted by atomic mass is 16.5. The summed E-state index contributed by atoms with van der Waals surface area (Å²) in [6.07, 6.45) is 5.10. The molecule has 4 aromatic rings. The number of anilines is 1. The Labute approximate surface area is 210 Å². The van der Waals surface area contributed by atoms with Crippen LogP contribution in [0.1, 0.15) is 16.7 Å². The highest BCUT2D eigenvalue weighted by Crippen LogP contribution is 2.31. The topological polar surface area (TPSA) is 79.9 Å². The van der Waals surface area contributed by atoms with Crippen molar-refractivity contribution in [3.63, 3.8) is 0 Å². The fraction of sp³-hybridized carbons (Fsp3) is 0.100. The summed E-state index contributed by atoms with van der Waals surface area (Å²) >= 11 is 0. The van der Waals surface area contributed by atoms with Gasteiger partial charge in [0.1, 0.15) is 29.7 Å². The van der Waals surface area contributed by atoms with Gasteiger partial charge in [-0.3, -0.25) is 4.79 Å². The van der Waals surface area contributed by atoms with E-state index in [1.807, 2.05) is 92.8 Å². The van der Waals surface area contributed by atoms with Gasteiger partial charge in [0.05, 0.1) is 5.69 Å². The molecule has 4 rings (SSSR count). The second-order valence-electron chi connectivity index (χ2n) is 8.23. The van der Waals surface area contributed by atoms with E-state index < -0.39 is 5.91 Å². The van der Waals surface area contributed by atoms with E-state index in [1.165, 1.54) is 0 Å². The van der Waals surface area contributed by atoms with Crippen molar-refractivity contribution in [2.24, 2.45) is 0 Å². The van der Waals surface area contributed by atoms with E-state index >= 15 is 0 Å². The first kappa shape index (κ1) is 24.2. The molecule has 3 aromatic carbocycles. The Morgan fingerprint density at radius 3 is 2.53 bits per heavy atom. The molecule has 0 bridgehead atoms. The lowest BCUT2D eigenvalue weighted by Crippen LogP contribution is -2.14. The molecule has 0 unspecified atom stereocenters. The highest BCUT2D eigenvalue weighted by molar-refractivity contribution is 6.10. The Kier molecular flexibility index (Phi) is 7.42. The number of carbonyl (C=O) groups excluding carboxylic acids is 1. The third kappa shape index (κ3) is 5.43. The number of hydrogen-bond acceptors (Lipinski definition) is 4. The number of benzene rings is 3. The molecule has 178 valence electrons. The molecule has 6 heteroatoms. The fourth-order valence-electron chi connectivity index (χ4n) is 3.77. The standard InChI is InChI=1S/C30H26N4O2/c1-4-16-36-26-14-15-27(22(3)17-26)29-24(20-34(33-29)25-11-6-5-7-12-25)18-23(19-31)30(35)32-28-13-9-8-10-21(28)2/h4-15,17-18,20H,1,16H2,2-3H3,(H,32,35). The Balaban J connectivity index is 1.77. The molecule has 0 aliphatic heterocycles. The number of ether oxygens (including phenoxy) is 1. The van der Waals surface area contributed by atoms with E-state index in [2.05, 4.69) is 11.9 Å². The van der Waals surface area contributed by atoms with E-state index in [-0.39, 0.29) is 5.57 Å². The van der Waals surface area contributed by atoms with E-state index in [4.69, 9.17) is 9.84 Å². The van der Waals surface area contributed by atoms with Gasteiger partial charge in [-0.2, -0.15) is 10.4 Å². The van der Waals surface area contributed by atoms with E-state index in [9.17, 15) is 10.1 Å². The SMILES string of the molecule is C=CCOc1ccc(-c2nn(-c3ccccc3)cc2C=C(C#N)C(=O)Nc2ccccc2C)c(C)c1. The third-order valence-electron chi connectivity index (χ3n) is 5.64. The molecule has 1 heterocycles. The van der Waals surface area contributed by atoms with Crippen LogP contribution in [0.2, 0.25) is 0 Å². The number of carbonyl (C=O) groups is 1. The van der Waals surface area contributed by atoms with Crippen LogP contribution in [0.5, 0.6) is 5.75 Å². The molecule has 0 fully saturated rings. The van der Waals surface area contributed by atoms with Gasteiger partial charge in [-0.25, -0.2) is 4.68 Å². The van der Waals surface area contributed by atoms with Crippen LogP contribution in [0.3, 0.4) is 0 Å². The number of aryl methyl sites for hydroxylation is 2. The van der Waals surface area contributed by atoms with Gasteiger partial charge in [-0.15, -0.1) is 0 Å². The summed E-state index contributed by atoms with van der Waals surface area (Å²) in [5.74, 6) is 0.251. The van der Waals surface area contributed by atoms with Gasteiger partial charge >= 0.3 is 0 Å². The normalized spacial score (nSPS) is 11.0. The summed E-state index contributed by atoms with van der Waals surface area (Å²) in [6, 6.07) is 24.9. The quantitative estimate of drug-likeness (QED) is 0.185. The van der Waals surface area contributed by atoms with Crippen LogP contribution in [-0.4, -0.2) is 22.3 Å². The number of nitrogens with zero attached hydrogens (tertiary/aromatic N) is 3. The Bertz CT molecular complexity index is 1480. The monoisotopic (exact) mass is 474 g/mol. The Morgan fingerprint density at radius 1 is 1.08 bits per heavy atom. The van der Waals surface area contributed by atoms with Crippen molar-refractivity contribution in [2.75, 3.05) is 11.9 Å². The molecule has 6 nitrogen and oxygen atoms in total. The molecule has 0 saturated heterocycles. The molecule has 0 saturated carbocycles. The zero-order valence-electron chi connectivity index (χ0n) is 20.2. The molecule has 0 atom stereocenters. The van der Waals surface area contributed by atoms with Crippen LogP contribution >= 0.6 is 0 Å². The van der Waals surface area contributed by atoms with Gasteiger partial charge in [0.25, 0.3) is 5.91 Å². The van der Waals surface area contributed by atoms with Gasteiger partial charge in [-0.1, -0.05) is 49.1 Å². The smallest absolute Gasteiger partial charge is 0.266 e. The molecule has 1 aromatic heterocycles. The molecule has 1 N–H and O–H groups in total. The number of rotatable bonds is 8. The van der Waals surface area contributed by atoms with Gasteiger partial charge in [0, 0.05) is 23.0 Å². The minimum Gasteiger partial charge on any atom is -0.490 e. The first-order valence-electron chi connectivity index (χ1n) is 11.5. The van der Waals surface area contributed by atoms with Crippen LogP contribution < -0.4 is 10.1 Å². The largest absolute Gasteiger partial charge is 0.490 e. The summed E-state index contributed by atoms with van der Waals surface area (Å²) in [5.41, 5.74) is 5.55. The van der Waals surface area contributed by atoms with Gasteiger partial charge < -0.3 is 10.1 Å². The van der Waals surface area contributed by atoms with Gasteiger partial charge in [-0.05, 0) is 67.4 Å². The Hall–Kier alpha value is -4.89. The van der Waals surface area contributed by atoms with E-state index in [0.717, 1.165) is 28.1 Å². The molecule has 36 heavy (non-hydrogen) atoms. The maximum Gasteiger partial charge on any atom is 0.266 e.